The van der Waals surface area contributed by atoms with Crippen LogP contribution < -0.4 is 10.1 Å². The van der Waals surface area contributed by atoms with Gasteiger partial charge in [0.2, 0.25) is 0 Å². The Morgan fingerprint density at radius 1 is 1.38 bits per heavy atom. The molecule has 1 atom stereocenters. The lowest BCUT2D eigenvalue weighted by Gasteiger charge is -2.14. The van der Waals surface area contributed by atoms with Crippen LogP contribution >= 0.6 is 0 Å². The molecule has 0 radical (unpaired) electrons. The van der Waals surface area contributed by atoms with E-state index in [1.807, 2.05) is 13.8 Å². The number of ether oxygens (including phenoxy) is 1. The summed E-state index contributed by atoms with van der Waals surface area (Å²) in [4.78, 5) is 0. The molecule has 0 bridgehead atoms. The van der Waals surface area contributed by atoms with Crippen LogP contribution in [0.5, 0.6) is 5.75 Å². The van der Waals surface area contributed by atoms with Crippen LogP contribution in [-0.4, -0.2) is 12.9 Å². The number of hydrogen-bond acceptors (Lipinski definition) is 2. The molecule has 90 valence electrons. The van der Waals surface area contributed by atoms with E-state index < -0.39 is 6.36 Å². The highest BCUT2D eigenvalue weighted by atomic mass is 19.4. The van der Waals surface area contributed by atoms with Gasteiger partial charge in [-0.05, 0) is 31.2 Å². The van der Waals surface area contributed by atoms with Crippen molar-refractivity contribution in [3.8, 4) is 5.75 Å². The number of nitrogens with one attached hydrogen (secondary N) is 1. The van der Waals surface area contributed by atoms with Gasteiger partial charge in [0.05, 0.1) is 0 Å². The molecule has 1 rings (SSSR count). The maximum Gasteiger partial charge on any atom is 0.573 e. The maximum absolute atomic E-state index is 12.0. The first-order valence-electron chi connectivity index (χ1n) is 5.01. The number of alkyl halides is 3. The summed E-state index contributed by atoms with van der Waals surface area (Å²) in [6.07, 6.45) is -4.64. The Morgan fingerprint density at radius 2 is 2.06 bits per heavy atom. The third-order valence-electron chi connectivity index (χ3n) is 2.10. The third kappa shape index (κ3) is 4.10. The van der Waals surface area contributed by atoms with Crippen molar-refractivity contribution >= 4 is 0 Å². The van der Waals surface area contributed by atoms with Gasteiger partial charge in [0.25, 0.3) is 0 Å². The molecule has 0 saturated heterocycles. The van der Waals surface area contributed by atoms with E-state index in [4.69, 9.17) is 0 Å². The molecule has 0 saturated carbocycles. The Balaban J connectivity index is 2.78. The molecule has 0 heterocycles. The zero-order chi connectivity index (χ0) is 12.2. The predicted molar refractivity (Wildman–Crippen MR) is 55.2 cm³/mol. The maximum atomic E-state index is 12.0. The zero-order valence-corrected chi connectivity index (χ0v) is 9.14. The molecule has 0 fully saturated rings. The quantitative estimate of drug-likeness (QED) is 0.861. The van der Waals surface area contributed by atoms with Crippen molar-refractivity contribution < 1.29 is 17.9 Å². The second-order valence-corrected chi connectivity index (χ2v) is 3.40. The van der Waals surface area contributed by atoms with E-state index in [2.05, 4.69) is 10.1 Å². The SMILES string of the molecule is CCNC(C)c1cccc(OC(F)(F)F)c1. The van der Waals surface area contributed by atoms with Gasteiger partial charge in [-0.3, -0.25) is 0 Å². The van der Waals surface area contributed by atoms with Crippen LogP contribution in [0.2, 0.25) is 0 Å². The van der Waals surface area contributed by atoms with Crippen molar-refractivity contribution in [3.05, 3.63) is 29.8 Å². The van der Waals surface area contributed by atoms with Crippen molar-refractivity contribution in [3.63, 3.8) is 0 Å². The van der Waals surface area contributed by atoms with Crippen LogP contribution in [0.25, 0.3) is 0 Å². The number of halogens is 3. The van der Waals surface area contributed by atoms with E-state index in [-0.39, 0.29) is 11.8 Å². The number of rotatable bonds is 4. The summed E-state index contributed by atoms with van der Waals surface area (Å²) >= 11 is 0. The average Bonchev–Trinajstić information content (AvgIpc) is 2.16. The van der Waals surface area contributed by atoms with E-state index in [9.17, 15) is 13.2 Å². The normalized spacial score (nSPS) is 13.6. The van der Waals surface area contributed by atoms with Crippen LogP contribution in [0.1, 0.15) is 25.5 Å². The van der Waals surface area contributed by atoms with Gasteiger partial charge < -0.3 is 10.1 Å². The zero-order valence-electron chi connectivity index (χ0n) is 9.14. The van der Waals surface area contributed by atoms with Crippen molar-refractivity contribution in [1.29, 1.82) is 0 Å². The molecule has 0 amide bonds. The summed E-state index contributed by atoms with van der Waals surface area (Å²) < 4.78 is 39.8. The lowest BCUT2D eigenvalue weighted by atomic mass is 10.1. The Bertz CT molecular complexity index is 338. The highest BCUT2D eigenvalue weighted by molar-refractivity contribution is 5.30. The molecule has 1 N–H and O–H groups in total. The molecule has 0 aliphatic carbocycles. The topological polar surface area (TPSA) is 21.3 Å². The fraction of sp³-hybridized carbons (Fsp3) is 0.455. The Morgan fingerprint density at radius 3 is 2.62 bits per heavy atom. The van der Waals surface area contributed by atoms with Crippen molar-refractivity contribution in [1.82, 2.24) is 5.32 Å². The summed E-state index contributed by atoms with van der Waals surface area (Å²) in [7, 11) is 0. The first-order valence-corrected chi connectivity index (χ1v) is 5.01. The van der Waals surface area contributed by atoms with E-state index in [1.165, 1.54) is 12.1 Å². The van der Waals surface area contributed by atoms with Crippen molar-refractivity contribution in [2.45, 2.75) is 26.3 Å². The molecule has 1 unspecified atom stereocenters. The molecular formula is C11H14F3NO. The Hall–Kier alpha value is -1.23. The van der Waals surface area contributed by atoms with E-state index in [0.29, 0.717) is 0 Å². The van der Waals surface area contributed by atoms with Gasteiger partial charge in [0.15, 0.2) is 0 Å². The second kappa shape index (κ2) is 5.21. The molecule has 16 heavy (non-hydrogen) atoms. The van der Waals surface area contributed by atoms with Crippen LogP contribution in [0.15, 0.2) is 24.3 Å². The van der Waals surface area contributed by atoms with Crippen molar-refractivity contribution in [2.24, 2.45) is 0 Å². The summed E-state index contributed by atoms with van der Waals surface area (Å²) in [6, 6.07) is 5.99. The standard InChI is InChI=1S/C11H14F3NO/c1-3-15-8(2)9-5-4-6-10(7-9)16-11(12,13)14/h4-8,15H,3H2,1-2H3. The Kier molecular flexibility index (Phi) is 4.18. The molecule has 1 aromatic carbocycles. The monoisotopic (exact) mass is 233 g/mol. The molecule has 1 aromatic rings. The summed E-state index contributed by atoms with van der Waals surface area (Å²) in [5.74, 6) is -0.185. The smallest absolute Gasteiger partial charge is 0.406 e. The summed E-state index contributed by atoms with van der Waals surface area (Å²) in [5, 5.41) is 3.12. The third-order valence-corrected chi connectivity index (χ3v) is 2.10. The van der Waals surface area contributed by atoms with Gasteiger partial charge in [-0.1, -0.05) is 19.1 Å². The first-order chi connectivity index (χ1) is 7.42. The number of benzene rings is 1. The van der Waals surface area contributed by atoms with Crippen LogP contribution in [-0.2, 0) is 0 Å². The summed E-state index contributed by atoms with van der Waals surface area (Å²) in [5.41, 5.74) is 0.767. The van der Waals surface area contributed by atoms with Gasteiger partial charge in [0.1, 0.15) is 5.75 Å². The van der Waals surface area contributed by atoms with Gasteiger partial charge in [-0.25, -0.2) is 0 Å². The lowest BCUT2D eigenvalue weighted by Crippen LogP contribution is -2.19. The molecular weight excluding hydrogens is 219 g/mol. The molecule has 5 heteroatoms. The average molecular weight is 233 g/mol. The minimum Gasteiger partial charge on any atom is -0.406 e. The molecule has 0 spiro atoms. The Labute approximate surface area is 92.4 Å². The fourth-order valence-corrected chi connectivity index (χ4v) is 1.41. The van der Waals surface area contributed by atoms with Gasteiger partial charge >= 0.3 is 6.36 Å². The molecule has 2 nitrogen and oxygen atoms in total. The first kappa shape index (κ1) is 12.8. The molecule has 0 aliphatic rings. The molecule has 0 aromatic heterocycles. The fourth-order valence-electron chi connectivity index (χ4n) is 1.41. The van der Waals surface area contributed by atoms with Crippen LogP contribution in [0.3, 0.4) is 0 Å². The second-order valence-electron chi connectivity index (χ2n) is 3.40. The van der Waals surface area contributed by atoms with E-state index in [1.54, 1.807) is 12.1 Å². The van der Waals surface area contributed by atoms with Gasteiger partial charge in [-0.15, -0.1) is 13.2 Å². The van der Waals surface area contributed by atoms with Gasteiger partial charge in [-0.2, -0.15) is 0 Å². The number of hydrogen-bond donors (Lipinski definition) is 1. The minimum atomic E-state index is -4.64. The van der Waals surface area contributed by atoms with Crippen LogP contribution in [0.4, 0.5) is 13.2 Å². The predicted octanol–water partition coefficient (Wildman–Crippen LogP) is 3.26. The largest absolute Gasteiger partial charge is 0.573 e. The van der Waals surface area contributed by atoms with E-state index >= 15 is 0 Å². The minimum absolute atomic E-state index is 0.00165. The van der Waals surface area contributed by atoms with Gasteiger partial charge in [0, 0.05) is 6.04 Å². The van der Waals surface area contributed by atoms with Crippen molar-refractivity contribution in [2.75, 3.05) is 6.54 Å². The highest BCUT2D eigenvalue weighted by Crippen LogP contribution is 2.25. The van der Waals surface area contributed by atoms with E-state index in [0.717, 1.165) is 12.1 Å². The summed E-state index contributed by atoms with van der Waals surface area (Å²) in [6.45, 7) is 4.58. The lowest BCUT2D eigenvalue weighted by molar-refractivity contribution is -0.274. The molecule has 0 aliphatic heterocycles. The highest BCUT2D eigenvalue weighted by Gasteiger charge is 2.31. The van der Waals surface area contributed by atoms with Crippen LogP contribution in [0, 0.1) is 0 Å².